The fourth-order valence-corrected chi connectivity index (χ4v) is 4.53. The highest BCUT2D eigenvalue weighted by molar-refractivity contribution is 5.95. The average molecular weight is 428 g/mol. The van der Waals surface area contributed by atoms with Crippen LogP contribution < -0.4 is 9.47 Å². The number of fused-ring (bicyclic) bond motifs is 3. The molecule has 7 heteroatoms. The Balaban J connectivity index is 1.48. The SMILES string of the molecule is C=C1C(=O)O[C@H]2[C@H]1CC/C(COC(=O)c1c(OC)cccc1OC)=C\CC[C@@]1(C)O[C@@H]21. The summed E-state index contributed by atoms with van der Waals surface area (Å²) in [5.74, 6) is -0.144. The Bertz CT molecular complexity index is 912. The second-order valence-corrected chi connectivity index (χ2v) is 8.41. The van der Waals surface area contributed by atoms with Crippen LogP contribution in [0.15, 0.2) is 42.0 Å². The zero-order valence-electron chi connectivity index (χ0n) is 18.1. The number of carbonyl (C=O) groups is 2. The molecule has 0 unspecified atom stereocenters. The van der Waals surface area contributed by atoms with Crippen molar-refractivity contribution in [3.63, 3.8) is 0 Å². The molecule has 1 aliphatic carbocycles. The number of rotatable bonds is 5. The van der Waals surface area contributed by atoms with Gasteiger partial charge in [-0.1, -0.05) is 18.7 Å². The quantitative estimate of drug-likeness (QED) is 0.307. The van der Waals surface area contributed by atoms with Gasteiger partial charge in [-0.05, 0) is 50.3 Å². The summed E-state index contributed by atoms with van der Waals surface area (Å²) in [6.07, 6.45) is 4.71. The van der Waals surface area contributed by atoms with Gasteiger partial charge in [0, 0.05) is 11.5 Å². The first-order chi connectivity index (χ1) is 14.9. The fraction of sp³-hybridized carbons (Fsp3) is 0.500. The van der Waals surface area contributed by atoms with Gasteiger partial charge in [0.15, 0.2) is 0 Å². The largest absolute Gasteiger partial charge is 0.496 e. The van der Waals surface area contributed by atoms with E-state index in [1.807, 2.05) is 6.92 Å². The molecule has 2 aliphatic heterocycles. The number of hydrogen-bond donors (Lipinski definition) is 0. The molecule has 0 aromatic heterocycles. The van der Waals surface area contributed by atoms with Crippen molar-refractivity contribution in [3.8, 4) is 11.5 Å². The van der Waals surface area contributed by atoms with Gasteiger partial charge >= 0.3 is 11.9 Å². The average Bonchev–Trinajstić information content (AvgIpc) is 3.36. The molecule has 2 saturated heterocycles. The highest BCUT2D eigenvalue weighted by Gasteiger charge is 2.61. The Hall–Kier alpha value is -2.80. The topological polar surface area (TPSA) is 83.6 Å². The minimum absolute atomic E-state index is 0.0773. The highest BCUT2D eigenvalue weighted by Crippen LogP contribution is 2.49. The molecule has 166 valence electrons. The monoisotopic (exact) mass is 428 g/mol. The number of esters is 2. The number of hydrogen-bond acceptors (Lipinski definition) is 7. The molecule has 0 radical (unpaired) electrons. The van der Waals surface area contributed by atoms with E-state index in [-0.39, 0.29) is 41.9 Å². The van der Waals surface area contributed by atoms with Gasteiger partial charge in [0.05, 0.1) is 19.8 Å². The minimum Gasteiger partial charge on any atom is -0.496 e. The first-order valence-electron chi connectivity index (χ1n) is 10.5. The van der Waals surface area contributed by atoms with E-state index in [0.717, 1.165) is 18.4 Å². The van der Waals surface area contributed by atoms with Crippen molar-refractivity contribution in [1.29, 1.82) is 0 Å². The zero-order chi connectivity index (χ0) is 22.2. The second-order valence-electron chi connectivity index (χ2n) is 8.41. The second kappa shape index (κ2) is 8.38. The number of ether oxygens (including phenoxy) is 5. The normalized spacial score (nSPS) is 31.5. The fourth-order valence-electron chi connectivity index (χ4n) is 4.53. The van der Waals surface area contributed by atoms with E-state index in [0.29, 0.717) is 29.9 Å². The maximum atomic E-state index is 12.8. The van der Waals surface area contributed by atoms with E-state index in [1.54, 1.807) is 18.2 Å². The van der Waals surface area contributed by atoms with Gasteiger partial charge in [0.2, 0.25) is 0 Å². The van der Waals surface area contributed by atoms with Crippen LogP contribution in [-0.2, 0) is 19.0 Å². The molecule has 0 saturated carbocycles. The van der Waals surface area contributed by atoms with E-state index >= 15 is 0 Å². The summed E-state index contributed by atoms with van der Waals surface area (Å²) in [7, 11) is 2.99. The number of epoxide rings is 1. The summed E-state index contributed by atoms with van der Waals surface area (Å²) < 4.78 is 27.7. The summed E-state index contributed by atoms with van der Waals surface area (Å²) >= 11 is 0. The summed E-state index contributed by atoms with van der Waals surface area (Å²) in [6.45, 7) is 6.14. The van der Waals surface area contributed by atoms with Crippen molar-refractivity contribution in [2.75, 3.05) is 20.8 Å². The van der Waals surface area contributed by atoms with Crippen molar-refractivity contribution < 1.29 is 33.3 Å². The van der Waals surface area contributed by atoms with Crippen LogP contribution in [0.5, 0.6) is 11.5 Å². The maximum Gasteiger partial charge on any atom is 0.346 e. The molecule has 0 bridgehead atoms. The van der Waals surface area contributed by atoms with Crippen molar-refractivity contribution in [2.24, 2.45) is 5.92 Å². The molecule has 3 aliphatic rings. The Kier molecular flexibility index (Phi) is 5.79. The van der Waals surface area contributed by atoms with Gasteiger partial charge in [0.25, 0.3) is 0 Å². The molecule has 31 heavy (non-hydrogen) atoms. The third kappa shape index (κ3) is 4.06. The standard InChI is InChI=1S/C24H28O7/c1-14-16-11-10-15(7-6-12-24(2)21(31-24)20(16)30-22(14)25)13-29-23(26)19-17(27-3)8-5-9-18(19)28-4/h5,7-9,16,20-21H,1,6,10-13H2,2-4H3/b15-7+/t16-,20-,21-,24+/m0/s1. The molecule has 0 spiro atoms. The molecule has 4 rings (SSSR count). The smallest absolute Gasteiger partial charge is 0.346 e. The van der Waals surface area contributed by atoms with Crippen LogP contribution in [0.4, 0.5) is 0 Å². The number of allylic oxidation sites excluding steroid dienone is 1. The molecule has 0 amide bonds. The summed E-state index contributed by atoms with van der Waals surface area (Å²) in [5.41, 5.74) is 1.46. The van der Waals surface area contributed by atoms with Crippen LogP contribution in [0.25, 0.3) is 0 Å². The molecule has 2 fully saturated rings. The predicted octanol–water partition coefficient (Wildman–Crippen LogP) is 3.62. The highest BCUT2D eigenvalue weighted by atomic mass is 16.6. The molecule has 2 heterocycles. The van der Waals surface area contributed by atoms with E-state index in [1.165, 1.54) is 14.2 Å². The lowest BCUT2D eigenvalue weighted by Gasteiger charge is -2.20. The lowest BCUT2D eigenvalue weighted by Crippen LogP contribution is -2.29. The van der Waals surface area contributed by atoms with Gasteiger partial charge in [-0.2, -0.15) is 0 Å². The van der Waals surface area contributed by atoms with Crippen LogP contribution in [-0.4, -0.2) is 50.6 Å². The predicted molar refractivity (Wildman–Crippen MR) is 112 cm³/mol. The molecule has 1 aromatic rings. The van der Waals surface area contributed by atoms with E-state index in [4.69, 9.17) is 23.7 Å². The first-order valence-corrected chi connectivity index (χ1v) is 10.5. The summed E-state index contributed by atoms with van der Waals surface area (Å²) in [5, 5.41) is 0. The Morgan fingerprint density at radius 2 is 1.97 bits per heavy atom. The lowest BCUT2D eigenvalue weighted by molar-refractivity contribution is -0.140. The van der Waals surface area contributed by atoms with Gasteiger partial charge in [-0.3, -0.25) is 0 Å². The van der Waals surface area contributed by atoms with Gasteiger partial charge in [0.1, 0.15) is 35.9 Å². The van der Waals surface area contributed by atoms with E-state index < -0.39 is 5.97 Å². The zero-order valence-corrected chi connectivity index (χ0v) is 18.1. The third-order valence-corrected chi connectivity index (χ3v) is 6.46. The van der Waals surface area contributed by atoms with Crippen LogP contribution in [0, 0.1) is 5.92 Å². The number of benzene rings is 1. The van der Waals surface area contributed by atoms with E-state index in [9.17, 15) is 9.59 Å². The number of carbonyl (C=O) groups excluding carboxylic acids is 2. The molecule has 0 N–H and O–H groups in total. The van der Waals surface area contributed by atoms with Gasteiger partial charge in [-0.15, -0.1) is 0 Å². The van der Waals surface area contributed by atoms with Crippen LogP contribution in [0.1, 0.15) is 43.0 Å². The number of methoxy groups -OCH3 is 2. The van der Waals surface area contributed by atoms with Crippen molar-refractivity contribution >= 4 is 11.9 Å². The Labute approximate surface area is 181 Å². The van der Waals surface area contributed by atoms with Crippen LogP contribution >= 0.6 is 0 Å². The maximum absolute atomic E-state index is 12.8. The lowest BCUT2D eigenvalue weighted by atomic mass is 9.84. The Morgan fingerprint density at radius 1 is 1.26 bits per heavy atom. The third-order valence-electron chi connectivity index (χ3n) is 6.46. The van der Waals surface area contributed by atoms with Crippen molar-refractivity contribution in [3.05, 3.63) is 47.6 Å². The Morgan fingerprint density at radius 3 is 2.65 bits per heavy atom. The molecule has 1 aromatic carbocycles. The van der Waals surface area contributed by atoms with Gasteiger partial charge < -0.3 is 23.7 Å². The van der Waals surface area contributed by atoms with Gasteiger partial charge in [-0.25, -0.2) is 9.59 Å². The molecular weight excluding hydrogens is 400 g/mol. The molecule has 7 nitrogen and oxygen atoms in total. The van der Waals surface area contributed by atoms with Crippen LogP contribution in [0.3, 0.4) is 0 Å². The molecular formula is C24H28O7. The van der Waals surface area contributed by atoms with Crippen molar-refractivity contribution in [2.45, 2.75) is 50.4 Å². The minimum atomic E-state index is -0.508. The summed E-state index contributed by atoms with van der Waals surface area (Å²) in [6, 6.07) is 5.13. The van der Waals surface area contributed by atoms with Crippen molar-refractivity contribution in [1.82, 2.24) is 0 Å². The summed E-state index contributed by atoms with van der Waals surface area (Å²) in [4.78, 5) is 24.9. The van der Waals surface area contributed by atoms with E-state index in [2.05, 4.69) is 12.7 Å². The first kappa shape index (κ1) is 21.4. The van der Waals surface area contributed by atoms with Crippen LogP contribution in [0.2, 0.25) is 0 Å². The molecule has 4 atom stereocenters.